The van der Waals surface area contributed by atoms with E-state index in [0.717, 1.165) is 61.6 Å². The zero-order valence-electron chi connectivity index (χ0n) is 16.0. The van der Waals surface area contributed by atoms with Crippen LogP contribution in [0.1, 0.15) is 46.4 Å². The predicted molar refractivity (Wildman–Crippen MR) is 99.2 cm³/mol. The first-order chi connectivity index (χ1) is 13.9. The second kappa shape index (κ2) is 7.70. The van der Waals surface area contributed by atoms with Gasteiger partial charge in [-0.1, -0.05) is 0 Å². The number of rotatable bonds is 5. The Bertz CT molecular complexity index is 918. The number of aromatic nitrogens is 2. The van der Waals surface area contributed by atoms with Crippen LogP contribution in [-0.2, 0) is 30.3 Å². The van der Waals surface area contributed by atoms with Crippen LogP contribution in [0.25, 0.3) is 0 Å². The number of hydrogen-bond acceptors (Lipinski definition) is 4. The number of nitrogens with zero attached hydrogens (tertiary/aromatic N) is 2. The summed E-state index contributed by atoms with van der Waals surface area (Å²) in [6, 6.07) is 2.87. The van der Waals surface area contributed by atoms with Crippen LogP contribution in [0.2, 0.25) is 0 Å². The predicted octanol–water partition coefficient (Wildman–Crippen LogP) is 3.83. The second-order valence-corrected chi connectivity index (χ2v) is 7.31. The lowest BCUT2D eigenvalue weighted by Crippen LogP contribution is -2.22. The van der Waals surface area contributed by atoms with E-state index in [0.29, 0.717) is 19.0 Å². The summed E-state index contributed by atoms with van der Waals surface area (Å²) in [4.78, 5) is 12.9. The van der Waals surface area contributed by atoms with E-state index >= 15 is 0 Å². The molecule has 6 nitrogen and oxygen atoms in total. The topological polar surface area (TPSA) is 65.4 Å². The highest BCUT2D eigenvalue weighted by molar-refractivity contribution is 6.06. The van der Waals surface area contributed by atoms with Crippen LogP contribution in [0.5, 0.6) is 5.75 Å². The standard InChI is InChI=1S/C20H22F3N3O3/c1-28-17-8-7-12(20(21,22)23)10-15(17)19(27)24-18-14-5-2-6-16(14)25-26(18)11-13-4-3-9-29-13/h7-8,10,13H,2-6,9,11H2,1H3,(H,24,27)/t13-/m1/s1. The number of carbonyl (C=O) groups is 1. The smallest absolute Gasteiger partial charge is 0.416 e. The number of nitrogens with one attached hydrogen (secondary N) is 1. The van der Waals surface area contributed by atoms with Gasteiger partial charge in [-0.2, -0.15) is 18.3 Å². The van der Waals surface area contributed by atoms with E-state index in [1.807, 2.05) is 0 Å². The van der Waals surface area contributed by atoms with E-state index in [4.69, 9.17) is 9.47 Å². The number of carbonyl (C=O) groups excluding carboxylic acids is 1. The molecular weight excluding hydrogens is 387 g/mol. The van der Waals surface area contributed by atoms with Crippen molar-refractivity contribution in [3.05, 3.63) is 40.6 Å². The number of anilines is 1. The Morgan fingerprint density at radius 3 is 2.86 bits per heavy atom. The first kappa shape index (κ1) is 19.8. The summed E-state index contributed by atoms with van der Waals surface area (Å²) in [5, 5.41) is 7.40. The molecule has 9 heteroatoms. The molecular formula is C20H22F3N3O3. The lowest BCUT2D eigenvalue weighted by molar-refractivity contribution is -0.137. The van der Waals surface area contributed by atoms with Crippen molar-refractivity contribution in [3.63, 3.8) is 0 Å². The molecule has 1 aliphatic carbocycles. The molecule has 0 saturated carbocycles. The number of aryl methyl sites for hydroxylation is 1. The molecule has 1 atom stereocenters. The fraction of sp³-hybridized carbons (Fsp3) is 0.500. The summed E-state index contributed by atoms with van der Waals surface area (Å²) in [5.41, 5.74) is 0.803. The molecule has 29 heavy (non-hydrogen) atoms. The molecule has 1 amide bonds. The average molecular weight is 409 g/mol. The van der Waals surface area contributed by atoms with E-state index in [2.05, 4.69) is 10.4 Å². The van der Waals surface area contributed by atoms with Crippen LogP contribution in [0.4, 0.5) is 19.0 Å². The number of halogens is 3. The highest BCUT2D eigenvalue weighted by Crippen LogP contribution is 2.34. The monoisotopic (exact) mass is 409 g/mol. The van der Waals surface area contributed by atoms with Gasteiger partial charge in [0, 0.05) is 12.2 Å². The van der Waals surface area contributed by atoms with Crippen molar-refractivity contribution in [1.29, 1.82) is 0 Å². The third kappa shape index (κ3) is 3.96. The van der Waals surface area contributed by atoms with Crippen molar-refractivity contribution in [2.24, 2.45) is 0 Å². The average Bonchev–Trinajstić information content (AvgIpc) is 3.41. The first-order valence-corrected chi connectivity index (χ1v) is 9.63. The minimum Gasteiger partial charge on any atom is -0.496 e. The van der Waals surface area contributed by atoms with Gasteiger partial charge >= 0.3 is 6.18 Å². The van der Waals surface area contributed by atoms with E-state index in [1.165, 1.54) is 7.11 Å². The highest BCUT2D eigenvalue weighted by Gasteiger charge is 2.33. The van der Waals surface area contributed by atoms with Gasteiger partial charge in [-0.25, -0.2) is 4.68 Å². The van der Waals surface area contributed by atoms with Gasteiger partial charge in [0.2, 0.25) is 0 Å². The molecule has 156 valence electrons. The Morgan fingerprint density at radius 1 is 1.34 bits per heavy atom. The quantitative estimate of drug-likeness (QED) is 0.815. The van der Waals surface area contributed by atoms with E-state index < -0.39 is 17.6 Å². The van der Waals surface area contributed by atoms with Gasteiger partial charge in [-0.3, -0.25) is 4.79 Å². The van der Waals surface area contributed by atoms with Crippen LogP contribution in [-0.4, -0.2) is 35.5 Å². The molecule has 1 aromatic heterocycles. The van der Waals surface area contributed by atoms with Crippen LogP contribution in [0, 0.1) is 0 Å². The molecule has 1 aliphatic heterocycles. The van der Waals surface area contributed by atoms with Crippen molar-refractivity contribution in [3.8, 4) is 5.75 Å². The van der Waals surface area contributed by atoms with Gasteiger partial charge < -0.3 is 14.8 Å². The molecule has 0 bridgehead atoms. The van der Waals surface area contributed by atoms with Crippen molar-refractivity contribution in [2.75, 3.05) is 19.0 Å². The Labute approximate surface area is 166 Å². The minimum atomic E-state index is -4.55. The van der Waals surface area contributed by atoms with Gasteiger partial charge in [0.1, 0.15) is 11.6 Å². The van der Waals surface area contributed by atoms with Crippen LogP contribution >= 0.6 is 0 Å². The molecule has 0 unspecified atom stereocenters. The number of hydrogen-bond donors (Lipinski definition) is 1. The number of fused-ring (bicyclic) bond motifs is 1. The summed E-state index contributed by atoms with van der Waals surface area (Å²) in [6.07, 6.45) is -0.0968. The second-order valence-electron chi connectivity index (χ2n) is 7.31. The zero-order valence-corrected chi connectivity index (χ0v) is 16.0. The summed E-state index contributed by atoms with van der Waals surface area (Å²) >= 11 is 0. The Balaban J connectivity index is 1.65. The SMILES string of the molecule is COc1ccc(C(F)(F)F)cc1C(=O)Nc1c2c(nn1C[C@H]1CCCO1)CCC2. The van der Waals surface area contributed by atoms with Crippen LogP contribution < -0.4 is 10.1 Å². The number of benzene rings is 1. The normalized spacial score (nSPS) is 18.7. The summed E-state index contributed by atoms with van der Waals surface area (Å²) in [6.45, 7) is 1.21. The highest BCUT2D eigenvalue weighted by atomic mass is 19.4. The molecule has 1 saturated heterocycles. The van der Waals surface area contributed by atoms with Gasteiger partial charge in [-0.05, 0) is 50.3 Å². The van der Waals surface area contributed by atoms with Crippen LogP contribution in [0.15, 0.2) is 18.2 Å². The summed E-state index contributed by atoms with van der Waals surface area (Å²) in [5.74, 6) is -0.0362. The molecule has 1 aromatic carbocycles. The fourth-order valence-corrected chi connectivity index (χ4v) is 3.93. The lowest BCUT2D eigenvalue weighted by Gasteiger charge is -2.16. The number of methoxy groups -OCH3 is 1. The molecule has 1 fully saturated rings. The molecule has 4 rings (SSSR count). The molecule has 0 radical (unpaired) electrons. The molecule has 2 aromatic rings. The summed E-state index contributed by atoms with van der Waals surface area (Å²) < 4.78 is 51.9. The fourth-order valence-electron chi connectivity index (χ4n) is 3.93. The number of amides is 1. The van der Waals surface area contributed by atoms with E-state index in [1.54, 1.807) is 4.68 Å². The van der Waals surface area contributed by atoms with Crippen molar-refractivity contribution < 1.29 is 27.4 Å². The van der Waals surface area contributed by atoms with E-state index in [-0.39, 0.29) is 17.4 Å². The maximum atomic E-state index is 13.1. The van der Waals surface area contributed by atoms with Gasteiger partial charge in [0.15, 0.2) is 0 Å². The number of alkyl halides is 3. The summed E-state index contributed by atoms with van der Waals surface area (Å²) in [7, 11) is 1.32. The Morgan fingerprint density at radius 2 is 2.17 bits per heavy atom. The Hall–Kier alpha value is -2.55. The molecule has 1 N–H and O–H groups in total. The Kier molecular flexibility index (Phi) is 5.24. The van der Waals surface area contributed by atoms with Crippen molar-refractivity contribution >= 4 is 11.7 Å². The minimum absolute atomic E-state index is 0.0220. The molecule has 2 heterocycles. The lowest BCUT2D eigenvalue weighted by atomic mass is 10.1. The van der Waals surface area contributed by atoms with Gasteiger partial charge in [0.05, 0.1) is 36.6 Å². The van der Waals surface area contributed by atoms with Crippen molar-refractivity contribution in [1.82, 2.24) is 9.78 Å². The van der Waals surface area contributed by atoms with Gasteiger partial charge in [-0.15, -0.1) is 0 Å². The van der Waals surface area contributed by atoms with Gasteiger partial charge in [0.25, 0.3) is 5.91 Å². The maximum Gasteiger partial charge on any atom is 0.416 e. The third-order valence-corrected chi connectivity index (χ3v) is 5.38. The third-order valence-electron chi connectivity index (χ3n) is 5.38. The first-order valence-electron chi connectivity index (χ1n) is 9.63. The van der Waals surface area contributed by atoms with Crippen molar-refractivity contribution in [2.45, 2.75) is 50.9 Å². The largest absolute Gasteiger partial charge is 0.496 e. The maximum absolute atomic E-state index is 13.1. The zero-order chi connectivity index (χ0) is 20.6. The number of ether oxygens (including phenoxy) is 2. The van der Waals surface area contributed by atoms with E-state index in [9.17, 15) is 18.0 Å². The molecule has 2 aliphatic rings. The molecule has 0 spiro atoms. The van der Waals surface area contributed by atoms with Crippen LogP contribution in [0.3, 0.4) is 0 Å².